The molecule has 1 fully saturated rings. The fourth-order valence-corrected chi connectivity index (χ4v) is 3.02. The van der Waals surface area contributed by atoms with Crippen molar-refractivity contribution >= 4 is 16.5 Å². The molecule has 0 amide bonds. The van der Waals surface area contributed by atoms with E-state index in [1.807, 2.05) is 0 Å². The van der Waals surface area contributed by atoms with E-state index in [2.05, 4.69) is 29.4 Å². The average molecular weight is 239 g/mol. The largest absolute Gasteiger partial charge is 0.357 e. The minimum Gasteiger partial charge on any atom is -0.357 e. The van der Waals surface area contributed by atoms with Crippen molar-refractivity contribution in [2.45, 2.75) is 58.4 Å². The summed E-state index contributed by atoms with van der Waals surface area (Å²) in [7, 11) is 0. The highest BCUT2D eigenvalue weighted by Gasteiger charge is 2.17. The first-order valence-corrected chi connectivity index (χ1v) is 7.18. The molecular formula is C12H21N3S. The fourth-order valence-electron chi connectivity index (χ4n) is 2.26. The second kappa shape index (κ2) is 5.62. The van der Waals surface area contributed by atoms with Crippen LogP contribution >= 0.6 is 11.3 Å². The van der Waals surface area contributed by atoms with Gasteiger partial charge >= 0.3 is 0 Å². The topological polar surface area (TPSA) is 37.8 Å². The van der Waals surface area contributed by atoms with Gasteiger partial charge in [0.05, 0.1) is 0 Å². The second-order valence-electron chi connectivity index (χ2n) is 4.81. The number of hydrogen-bond donors (Lipinski definition) is 1. The lowest BCUT2D eigenvalue weighted by molar-refractivity contribution is 0.502. The molecule has 90 valence electrons. The van der Waals surface area contributed by atoms with Gasteiger partial charge in [-0.25, -0.2) is 0 Å². The molecule has 1 aromatic heterocycles. The molecule has 0 aliphatic heterocycles. The van der Waals surface area contributed by atoms with Crippen molar-refractivity contribution in [2.24, 2.45) is 5.92 Å². The molecule has 1 aliphatic rings. The first-order chi connectivity index (χ1) is 7.78. The number of nitrogens with zero attached hydrogens (tertiary/aromatic N) is 2. The first-order valence-electron chi connectivity index (χ1n) is 6.37. The number of anilines is 1. The number of nitrogens with one attached hydrogen (secondary N) is 1. The zero-order valence-corrected chi connectivity index (χ0v) is 11.0. The standard InChI is InChI=1S/C12H21N3S/c1-3-11-14-15-12(16-11)13-10-6-4-5-9(2)7-8-10/h9-10H,3-8H2,1-2H3,(H,13,15). The van der Waals surface area contributed by atoms with Crippen LogP contribution in [0.2, 0.25) is 0 Å². The summed E-state index contributed by atoms with van der Waals surface area (Å²) in [5, 5.41) is 14.0. The molecule has 1 saturated carbocycles. The van der Waals surface area contributed by atoms with Crippen LogP contribution < -0.4 is 5.32 Å². The van der Waals surface area contributed by atoms with Crippen LogP contribution in [0.5, 0.6) is 0 Å². The van der Waals surface area contributed by atoms with Crippen LogP contribution in [0, 0.1) is 5.92 Å². The van der Waals surface area contributed by atoms with E-state index < -0.39 is 0 Å². The maximum absolute atomic E-state index is 4.19. The van der Waals surface area contributed by atoms with E-state index in [0.29, 0.717) is 6.04 Å². The number of rotatable bonds is 3. The van der Waals surface area contributed by atoms with Gasteiger partial charge in [0.1, 0.15) is 5.01 Å². The van der Waals surface area contributed by atoms with E-state index >= 15 is 0 Å². The third-order valence-corrected chi connectivity index (χ3v) is 4.35. The highest BCUT2D eigenvalue weighted by Crippen LogP contribution is 2.26. The molecule has 0 bridgehead atoms. The maximum atomic E-state index is 4.19. The Balaban J connectivity index is 1.88. The number of aryl methyl sites for hydroxylation is 1. The highest BCUT2D eigenvalue weighted by atomic mass is 32.1. The van der Waals surface area contributed by atoms with Crippen LogP contribution in [0.15, 0.2) is 0 Å². The Morgan fingerprint density at radius 3 is 2.88 bits per heavy atom. The van der Waals surface area contributed by atoms with Crippen LogP contribution in [-0.2, 0) is 6.42 Å². The van der Waals surface area contributed by atoms with Gasteiger partial charge in [0.25, 0.3) is 0 Å². The van der Waals surface area contributed by atoms with Crippen molar-refractivity contribution in [1.29, 1.82) is 0 Å². The van der Waals surface area contributed by atoms with Gasteiger partial charge in [-0.05, 0) is 31.6 Å². The molecule has 1 aromatic rings. The van der Waals surface area contributed by atoms with E-state index in [1.165, 1.54) is 32.1 Å². The van der Waals surface area contributed by atoms with E-state index in [9.17, 15) is 0 Å². The Morgan fingerprint density at radius 2 is 2.12 bits per heavy atom. The maximum Gasteiger partial charge on any atom is 0.205 e. The normalized spacial score (nSPS) is 26.4. The van der Waals surface area contributed by atoms with Gasteiger partial charge in [0.2, 0.25) is 5.13 Å². The minimum atomic E-state index is 0.614. The summed E-state index contributed by atoms with van der Waals surface area (Å²) in [4.78, 5) is 0. The molecule has 0 radical (unpaired) electrons. The molecule has 4 heteroatoms. The van der Waals surface area contributed by atoms with E-state index in [1.54, 1.807) is 11.3 Å². The lowest BCUT2D eigenvalue weighted by atomic mass is 10.0. The van der Waals surface area contributed by atoms with Gasteiger partial charge in [0, 0.05) is 6.04 Å². The monoisotopic (exact) mass is 239 g/mol. The van der Waals surface area contributed by atoms with Crippen LogP contribution in [0.25, 0.3) is 0 Å². The lowest BCUT2D eigenvalue weighted by Gasteiger charge is -2.14. The fraction of sp³-hybridized carbons (Fsp3) is 0.833. The minimum absolute atomic E-state index is 0.614. The van der Waals surface area contributed by atoms with Crippen molar-refractivity contribution in [3.05, 3.63) is 5.01 Å². The molecule has 1 heterocycles. The molecule has 2 rings (SSSR count). The van der Waals surface area contributed by atoms with Gasteiger partial charge < -0.3 is 5.32 Å². The van der Waals surface area contributed by atoms with Gasteiger partial charge in [-0.2, -0.15) is 0 Å². The summed E-state index contributed by atoms with van der Waals surface area (Å²) >= 11 is 1.70. The van der Waals surface area contributed by atoms with Gasteiger partial charge in [0.15, 0.2) is 0 Å². The molecule has 0 aromatic carbocycles. The second-order valence-corrected chi connectivity index (χ2v) is 5.87. The van der Waals surface area contributed by atoms with E-state index in [-0.39, 0.29) is 0 Å². The third-order valence-electron chi connectivity index (χ3n) is 3.35. The number of hydrogen-bond acceptors (Lipinski definition) is 4. The molecule has 1 N–H and O–H groups in total. The molecule has 2 unspecified atom stereocenters. The smallest absolute Gasteiger partial charge is 0.205 e. The Hall–Kier alpha value is -0.640. The molecule has 0 saturated heterocycles. The van der Waals surface area contributed by atoms with Crippen LogP contribution in [0.4, 0.5) is 5.13 Å². The Bertz CT molecular complexity index is 324. The Morgan fingerprint density at radius 1 is 1.25 bits per heavy atom. The molecular weight excluding hydrogens is 218 g/mol. The summed E-state index contributed by atoms with van der Waals surface area (Å²) in [6.45, 7) is 4.49. The molecule has 1 aliphatic carbocycles. The summed E-state index contributed by atoms with van der Waals surface area (Å²) in [5.41, 5.74) is 0. The highest BCUT2D eigenvalue weighted by molar-refractivity contribution is 7.15. The summed E-state index contributed by atoms with van der Waals surface area (Å²) < 4.78 is 0. The van der Waals surface area contributed by atoms with E-state index in [0.717, 1.165) is 22.5 Å². The van der Waals surface area contributed by atoms with Crippen LogP contribution in [0.3, 0.4) is 0 Å². The SMILES string of the molecule is CCc1nnc(NC2CCCC(C)CC2)s1. The summed E-state index contributed by atoms with van der Waals surface area (Å²) in [6.07, 6.45) is 7.62. The molecule has 3 nitrogen and oxygen atoms in total. The zero-order chi connectivity index (χ0) is 11.4. The molecule has 0 spiro atoms. The van der Waals surface area contributed by atoms with Crippen molar-refractivity contribution in [2.75, 3.05) is 5.32 Å². The van der Waals surface area contributed by atoms with Gasteiger partial charge in [-0.3, -0.25) is 0 Å². The predicted octanol–water partition coefficient (Wildman–Crippen LogP) is 3.48. The van der Waals surface area contributed by atoms with Crippen molar-refractivity contribution < 1.29 is 0 Å². The predicted molar refractivity (Wildman–Crippen MR) is 68.9 cm³/mol. The van der Waals surface area contributed by atoms with Crippen molar-refractivity contribution in [3.8, 4) is 0 Å². The Kier molecular flexibility index (Phi) is 4.16. The average Bonchev–Trinajstić information content (AvgIpc) is 2.63. The van der Waals surface area contributed by atoms with Gasteiger partial charge in [-0.1, -0.05) is 38.0 Å². The van der Waals surface area contributed by atoms with E-state index in [4.69, 9.17) is 0 Å². The molecule has 2 atom stereocenters. The van der Waals surface area contributed by atoms with Crippen LogP contribution in [-0.4, -0.2) is 16.2 Å². The van der Waals surface area contributed by atoms with Crippen molar-refractivity contribution in [1.82, 2.24) is 10.2 Å². The number of aromatic nitrogens is 2. The van der Waals surface area contributed by atoms with Crippen molar-refractivity contribution in [3.63, 3.8) is 0 Å². The quantitative estimate of drug-likeness (QED) is 0.821. The first kappa shape index (κ1) is 11.8. The summed E-state index contributed by atoms with van der Waals surface area (Å²) in [5.74, 6) is 0.896. The van der Waals surface area contributed by atoms with Crippen LogP contribution in [0.1, 0.15) is 51.0 Å². The summed E-state index contributed by atoms with van der Waals surface area (Å²) in [6, 6.07) is 0.614. The zero-order valence-electron chi connectivity index (χ0n) is 10.2. The third kappa shape index (κ3) is 3.17. The Labute approximate surface area is 102 Å². The molecule has 16 heavy (non-hydrogen) atoms. The lowest BCUT2D eigenvalue weighted by Crippen LogP contribution is -2.18. The van der Waals surface area contributed by atoms with Gasteiger partial charge in [-0.15, -0.1) is 10.2 Å².